The van der Waals surface area contributed by atoms with Crippen LogP contribution in [-0.2, 0) is 0 Å². The molecule has 0 aromatic carbocycles. The van der Waals surface area contributed by atoms with Gasteiger partial charge in [0.05, 0.1) is 0 Å². The van der Waals surface area contributed by atoms with E-state index in [-0.39, 0.29) is 6.04 Å². The van der Waals surface area contributed by atoms with Gasteiger partial charge in [-0.25, -0.2) is 0 Å². The van der Waals surface area contributed by atoms with Crippen molar-refractivity contribution in [1.82, 2.24) is 15.2 Å². The molecule has 2 fully saturated rings. The van der Waals surface area contributed by atoms with Crippen LogP contribution >= 0.6 is 0 Å². The average molecular weight is 263 g/mol. The zero-order valence-corrected chi connectivity index (χ0v) is 11.8. The Morgan fingerprint density at radius 1 is 1.21 bits per heavy atom. The second kappa shape index (κ2) is 5.49. The lowest BCUT2D eigenvalue weighted by Gasteiger charge is -2.34. The van der Waals surface area contributed by atoms with Crippen molar-refractivity contribution in [1.29, 1.82) is 0 Å². The molecule has 0 spiro atoms. The molecule has 1 saturated carbocycles. The van der Waals surface area contributed by atoms with Gasteiger partial charge in [0, 0.05) is 25.0 Å². The summed E-state index contributed by atoms with van der Waals surface area (Å²) in [6, 6.07) is 0.241. The molecule has 3 rings (SSSR count). The van der Waals surface area contributed by atoms with Gasteiger partial charge in [0.1, 0.15) is 5.82 Å². The van der Waals surface area contributed by atoms with Crippen LogP contribution < -0.4 is 10.6 Å². The van der Waals surface area contributed by atoms with Gasteiger partial charge in [0.25, 0.3) is 0 Å². The lowest BCUT2D eigenvalue weighted by molar-refractivity contribution is 0.376. The molecule has 0 amide bonds. The molecule has 5 heteroatoms. The summed E-state index contributed by atoms with van der Waals surface area (Å²) < 4.78 is 0. The van der Waals surface area contributed by atoms with Gasteiger partial charge in [-0.3, -0.25) is 5.10 Å². The second-order valence-corrected chi connectivity index (χ2v) is 6.23. The minimum atomic E-state index is 0.241. The maximum Gasteiger partial charge on any atom is 0.244 e. The molecule has 2 unspecified atom stereocenters. The fraction of sp³-hybridized carbons (Fsp3) is 0.857. The smallest absolute Gasteiger partial charge is 0.244 e. The van der Waals surface area contributed by atoms with Crippen LogP contribution in [0.4, 0.5) is 5.95 Å². The van der Waals surface area contributed by atoms with E-state index >= 15 is 0 Å². The molecule has 1 aliphatic carbocycles. The zero-order valence-electron chi connectivity index (χ0n) is 11.8. The van der Waals surface area contributed by atoms with E-state index in [1.165, 1.54) is 32.1 Å². The van der Waals surface area contributed by atoms with Gasteiger partial charge < -0.3 is 10.6 Å². The molecule has 1 aromatic heterocycles. The predicted octanol–water partition coefficient (Wildman–Crippen LogP) is 2.03. The maximum atomic E-state index is 6.15. The van der Waals surface area contributed by atoms with Crippen LogP contribution in [0.1, 0.15) is 57.2 Å². The first-order valence-corrected chi connectivity index (χ1v) is 7.67. The number of hydrogen-bond acceptors (Lipinski definition) is 4. The molecule has 0 bridgehead atoms. The van der Waals surface area contributed by atoms with E-state index in [1.807, 2.05) is 0 Å². The number of anilines is 1. The second-order valence-electron chi connectivity index (χ2n) is 6.23. The minimum Gasteiger partial charge on any atom is -0.338 e. The first kappa shape index (κ1) is 12.9. The van der Waals surface area contributed by atoms with E-state index in [9.17, 15) is 0 Å². The van der Waals surface area contributed by atoms with E-state index in [0.717, 1.165) is 31.3 Å². The molecule has 1 saturated heterocycles. The fourth-order valence-corrected chi connectivity index (χ4v) is 3.25. The Hall–Kier alpha value is -1.10. The summed E-state index contributed by atoms with van der Waals surface area (Å²) >= 11 is 0. The van der Waals surface area contributed by atoms with Crippen LogP contribution in [-0.4, -0.2) is 34.3 Å². The molecular formula is C14H25N5. The van der Waals surface area contributed by atoms with Crippen molar-refractivity contribution < 1.29 is 0 Å². The highest BCUT2D eigenvalue weighted by Crippen LogP contribution is 2.31. The van der Waals surface area contributed by atoms with Crippen molar-refractivity contribution in [3.05, 3.63) is 5.82 Å². The summed E-state index contributed by atoms with van der Waals surface area (Å²) in [4.78, 5) is 6.95. The van der Waals surface area contributed by atoms with Crippen molar-refractivity contribution in [2.45, 2.75) is 57.4 Å². The highest BCUT2D eigenvalue weighted by atomic mass is 15.4. The average Bonchev–Trinajstić information content (AvgIpc) is 2.93. The third kappa shape index (κ3) is 2.76. The summed E-state index contributed by atoms with van der Waals surface area (Å²) in [5, 5.41) is 7.56. The summed E-state index contributed by atoms with van der Waals surface area (Å²) in [6.45, 7) is 4.13. The number of aromatic nitrogens is 3. The molecule has 2 aliphatic rings. The van der Waals surface area contributed by atoms with E-state index in [2.05, 4.69) is 22.0 Å². The van der Waals surface area contributed by atoms with Gasteiger partial charge in [-0.05, 0) is 25.2 Å². The van der Waals surface area contributed by atoms with Crippen molar-refractivity contribution in [3.63, 3.8) is 0 Å². The summed E-state index contributed by atoms with van der Waals surface area (Å²) in [5.74, 6) is 3.13. The molecule has 19 heavy (non-hydrogen) atoms. The molecule has 106 valence electrons. The molecule has 1 aliphatic heterocycles. The Bertz CT molecular complexity index is 410. The normalized spacial score (nSPS) is 29.7. The molecule has 0 radical (unpaired) electrons. The van der Waals surface area contributed by atoms with Crippen molar-refractivity contribution in [3.8, 4) is 0 Å². The number of aromatic amines is 1. The number of rotatable bonds is 2. The first-order valence-electron chi connectivity index (χ1n) is 7.67. The summed E-state index contributed by atoms with van der Waals surface area (Å²) in [6.07, 6.45) is 7.67. The van der Waals surface area contributed by atoms with Gasteiger partial charge in [-0.2, -0.15) is 4.98 Å². The number of nitrogens with one attached hydrogen (secondary N) is 1. The standard InChI is InChI=1S/C14H25N5/c1-10-7-8-19(9-12(10)15)14-16-13(17-18-14)11-5-3-2-4-6-11/h10-12H,2-9,15H2,1H3,(H,16,17,18). The topological polar surface area (TPSA) is 70.8 Å². The van der Waals surface area contributed by atoms with E-state index in [1.54, 1.807) is 0 Å². The summed E-state index contributed by atoms with van der Waals surface area (Å²) in [7, 11) is 0. The number of hydrogen-bond donors (Lipinski definition) is 2. The van der Waals surface area contributed by atoms with Gasteiger partial charge in [-0.15, -0.1) is 5.10 Å². The van der Waals surface area contributed by atoms with E-state index in [0.29, 0.717) is 11.8 Å². The molecule has 1 aromatic rings. The number of piperidine rings is 1. The quantitative estimate of drug-likeness (QED) is 0.856. The Balaban J connectivity index is 1.67. The Morgan fingerprint density at radius 3 is 2.74 bits per heavy atom. The molecule has 5 nitrogen and oxygen atoms in total. The summed E-state index contributed by atoms with van der Waals surface area (Å²) in [5.41, 5.74) is 6.15. The van der Waals surface area contributed by atoms with Crippen LogP contribution in [0.15, 0.2) is 0 Å². The van der Waals surface area contributed by atoms with E-state index < -0.39 is 0 Å². The molecule has 3 N–H and O–H groups in total. The Labute approximate surface area is 115 Å². The van der Waals surface area contributed by atoms with Crippen LogP contribution in [0.3, 0.4) is 0 Å². The SMILES string of the molecule is CC1CCN(c2n[nH]c(C3CCCCC3)n2)CC1N. The van der Waals surface area contributed by atoms with Crippen molar-refractivity contribution >= 4 is 5.95 Å². The van der Waals surface area contributed by atoms with Gasteiger partial charge in [0.2, 0.25) is 5.95 Å². The molecule has 2 heterocycles. The highest BCUT2D eigenvalue weighted by molar-refractivity contribution is 5.30. The van der Waals surface area contributed by atoms with Gasteiger partial charge in [-0.1, -0.05) is 26.2 Å². The molecule has 2 atom stereocenters. The predicted molar refractivity (Wildman–Crippen MR) is 76.2 cm³/mol. The number of H-pyrrole nitrogens is 1. The van der Waals surface area contributed by atoms with Crippen LogP contribution in [0.25, 0.3) is 0 Å². The third-order valence-electron chi connectivity index (χ3n) is 4.78. The largest absolute Gasteiger partial charge is 0.338 e. The van der Waals surface area contributed by atoms with Crippen LogP contribution in [0.5, 0.6) is 0 Å². The van der Waals surface area contributed by atoms with Crippen LogP contribution in [0, 0.1) is 5.92 Å². The van der Waals surface area contributed by atoms with Crippen molar-refractivity contribution in [2.24, 2.45) is 11.7 Å². The maximum absolute atomic E-state index is 6.15. The Kier molecular flexibility index (Phi) is 3.73. The van der Waals surface area contributed by atoms with Crippen LogP contribution in [0.2, 0.25) is 0 Å². The minimum absolute atomic E-state index is 0.241. The lowest BCUT2D eigenvalue weighted by Crippen LogP contribution is -2.48. The number of nitrogens with two attached hydrogens (primary N) is 1. The van der Waals surface area contributed by atoms with Gasteiger partial charge in [0.15, 0.2) is 0 Å². The monoisotopic (exact) mass is 263 g/mol. The fourth-order valence-electron chi connectivity index (χ4n) is 3.25. The zero-order chi connectivity index (χ0) is 13.2. The highest BCUT2D eigenvalue weighted by Gasteiger charge is 2.26. The number of nitrogens with zero attached hydrogens (tertiary/aromatic N) is 3. The Morgan fingerprint density at radius 2 is 2.00 bits per heavy atom. The third-order valence-corrected chi connectivity index (χ3v) is 4.78. The lowest BCUT2D eigenvalue weighted by atomic mass is 9.89. The first-order chi connectivity index (χ1) is 9.24. The molecular weight excluding hydrogens is 238 g/mol. The van der Waals surface area contributed by atoms with E-state index in [4.69, 9.17) is 10.7 Å². The van der Waals surface area contributed by atoms with Gasteiger partial charge >= 0.3 is 0 Å². The van der Waals surface area contributed by atoms with Crippen molar-refractivity contribution in [2.75, 3.05) is 18.0 Å².